The van der Waals surface area contributed by atoms with Crippen LogP contribution in [0.3, 0.4) is 0 Å². The van der Waals surface area contributed by atoms with Gasteiger partial charge in [-0.3, -0.25) is 4.98 Å². The van der Waals surface area contributed by atoms with E-state index in [0.29, 0.717) is 0 Å². The van der Waals surface area contributed by atoms with Gasteiger partial charge < -0.3 is 0 Å². The van der Waals surface area contributed by atoms with Crippen LogP contribution in [0.4, 0.5) is 0 Å². The van der Waals surface area contributed by atoms with Crippen molar-refractivity contribution in [3.8, 4) is 6.07 Å². The zero-order chi connectivity index (χ0) is 10.0. The first-order chi connectivity index (χ1) is 6.77. The summed E-state index contributed by atoms with van der Waals surface area (Å²) >= 11 is 1.73. The number of aryl methyl sites for hydroxylation is 1. The summed E-state index contributed by atoms with van der Waals surface area (Å²) < 4.78 is -0.369. The monoisotopic (exact) mass is 204 g/mol. The maximum Gasteiger partial charge on any atom is 0.144 e. The van der Waals surface area contributed by atoms with E-state index in [1.807, 2.05) is 25.1 Å². The highest BCUT2D eigenvalue weighted by molar-refractivity contribution is 8.00. The first-order valence-electron chi connectivity index (χ1n) is 4.76. The number of pyridine rings is 1. The van der Waals surface area contributed by atoms with E-state index in [-0.39, 0.29) is 4.75 Å². The Morgan fingerprint density at radius 3 is 3.00 bits per heavy atom. The molecule has 1 aliphatic rings. The molecule has 2 heterocycles. The van der Waals surface area contributed by atoms with Crippen LogP contribution in [-0.4, -0.2) is 10.7 Å². The molecule has 2 nitrogen and oxygen atoms in total. The van der Waals surface area contributed by atoms with Gasteiger partial charge in [-0.25, -0.2) is 0 Å². The molecule has 1 fully saturated rings. The SMILES string of the molecule is Cc1cccc(C2(C#N)CCCS2)n1. The van der Waals surface area contributed by atoms with E-state index < -0.39 is 0 Å². The van der Waals surface area contributed by atoms with Gasteiger partial charge in [-0.15, -0.1) is 11.8 Å². The van der Waals surface area contributed by atoms with Gasteiger partial charge in [-0.2, -0.15) is 5.26 Å². The van der Waals surface area contributed by atoms with Crippen LogP contribution in [0, 0.1) is 18.3 Å². The summed E-state index contributed by atoms with van der Waals surface area (Å²) in [5.74, 6) is 1.07. The number of nitriles is 1. The van der Waals surface area contributed by atoms with Gasteiger partial charge in [0.2, 0.25) is 0 Å². The van der Waals surface area contributed by atoms with E-state index in [1.54, 1.807) is 11.8 Å². The average Bonchev–Trinajstić information content (AvgIpc) is 2.67. The van der Waals surface area contributed by atoms with Gasteiger partial charge in [0, 0.05) is 5.69 Å². The van der Waals surface area contributed by atoms with E-state index in [9.17, 15) is 5.26 Å². The van der Waals surface area contributed by atoms with Gasteiger partial charge in [-0.05, 0) is 37.7 Å². The molecule has 0 N–H and O–H groups in total. The van der Waals surface area contributed by atoms with Crippen LogP contribution in [0.1, 0.15) is 24.2 Å². The molecule has 0 aromatic carbocycles. The molecule has 0 saturated carbocycles. The molecule has 0 bridgehead atoms. The van der Waals surface area contributed by atoms with E-state index >= 15 is 0 Å². The average molecular weight is 204 g/mol. The molecule has 1 aromatic heterocycles. The summed E-state index contributed by atoms with van der Waals surface area (Å²) in [6.45, 7) is 1.97. The summed E-state index contributed by atoms with van der Waals surface area (Å²) in [5, 5.41) is 9.25. The quantitative estimate of drug-likeness (QED) is 0.705. The highest BCUT2D eigenvalue weighted by Crippen LogP contribution is 2.45. The van der Waals surface area contributed by atoms with E-state index in [4.69, 9.17) is 0 Å². The smallest absolute Gasteiger partial charge is 0.144 e. The Balaban J connectivity index is 2.42. The second-order valence-corrected chi connectivity index (χ2v) is 4.95. The number of nitrogens with zero attached hydrogens (tertiary/aromatic N) is 2. The summed E-state index contributed by atoms with van der Waals surface area (Å²) in [5.41, 5.74) is 1.92. The van der Waals surface area contributed by atoms with Crippen LogP contribution < -0.4 is 0 Å². The molecule has 1 saturated heterocycles. The van der Waals surface area contributed by atoms with E-state index in [1.165, 1.54) is 0 Å². The molecule has 14 heavy (non-hydrogen) atoms. The van der Waals surface area contributed by atoms with Crippen LogP contribution in [0.2, 0.25) is 0 Å². The van der Waals surface area contributed by atoms with Crippen molar-refractivity contribution in [3.63, 3.8) is 0 Å². The zero-order valence-electron chi connectivity index (χ0n) is 8.16. The maximum absolute atomic E-state index is 9.25. The van der Waals surface area contributed by atoms with Crippen molar-refractivity contribution in [1.29, 1.82) is 5.26 Å². The van der Waals surface area contributed by atoms with Gasteiger partial charge >= 0.3 is 0 Å². The normalized spacial score (nSPS) is 26.0. The Hall–Kier alpha value is -1.01. The molecule has 1 unspecified atom stereocenters. The van der Waals surface area contributed by atoms with Crippen molar-refractivity contribution in [2.75, 3.05) is 5.75 Å². The van der Waals surface area contributed by atoms with Gasteiger partial charge in [0.1, 0.15) is 4.75 Å². The van der Waals surface area contributed by atoms with Crippen molar-refractivity contribution in [3.05, 3.63) is 29.6 Å². The highest BCUT2D eigenvalue weighted by Gasteiger charge is 2.38. The number of thioether (sulfide) groups is 1. The van der Waals surface area contributed by atoms with Crippen molar-refractivity contribution in [2.24, 2.45) is 0 Å². The molecule has 0 radical (unpaired) electrons. The third-order valence-corrected chi connectivity index (χ3v) is 3.99. The molecule has 3 heteroatoms. The fraction of sp³-hybridized carbons (Fsp3) is 0.455. The van der Waals surface area contributed by atoms with Crippen molar-refractivity contribution in [2.45, 2.75) is 24.5 Å². The van der Waals surface area contributed by atoms with E-state index in [0.717, 1.165) is 30.0 Å². The Kier molecular flexibility index (Phi) is 2.47. The van der Waals surface area contributed by atoms with Crippen molar-refractivity contribution in [1.82, 2.24) is 4.98 Å². The number of hydrogen-bond donors (Lipinski definition) is 0. The lowest BCUT2D eigenvalue weighted by Gasteiger charge is -2.18. The standard InChI is InChI=1S/C11H12N2S/c1-9-4-2-5-10(13-9)11(8-12)6-3-7-14-11/h2,4-5H,3,6-7H2,1H3. The first kappa shape index (κ1) is 9.54. The molecular formula is C11H12N2S. The molecular weight excluding hydrogens is 192 g/mol. The minimum atomic E-state index is -0.369. The largest absolute Gasteiger partial charge is 0.256 e. The summed E-state index contributed by atoms with van der Waals surface area (Å²) in [7, 11) is 0. The minimum Gasteiger partial charge on any atom is -0.256 e. The molecule has 1 atom stereocenters. The predicted octanol–water partition coefficient (Wildman–Crippen LogP) is 2.64. The Morgan fingerprint density at radius 1 is 1.57 bits per heavy atom. The van der Waals surface area contributed by atoms with Crippen LogP contribution in [0.15, 0.2) is 18.2 Å². The minimum absolute atomic E-state index is 0.369. The summed E-state index contributed by atoms with van der Waals surface area (Å²) in [4.78, 5) is 4.45. The second-order valence-electron chi connectivity index (χ2n) is 3.56. The molecule has 1 aromatic rings. The Bertz CT molecular complexity index is 375. The Labute approximate surface area is 88.4 Å². The molecule has 1 aliphatic heterocycles. The zero-order valence-corrected chi connectivity index (χ0v) is 8.97. The lowest BCUT2D eigenvalue weighted by atomic mass is 10.00. The van der Waals surface area contributed by atoms with Crippen LogP contribution in [-0.2, 0) is 4.75 Å². The predicted molar refractivity (Wildman–Crippen MR) is 58.0 cm³/mol. The number of rotatable bonds is 1. The van der Waals surface area contributed by atoms with Gasteiger partial charge in [-0.1, -0.05) is 6.07 Å². The molecule has 0 aliphatic carbocycles. The van der Waals surface area contributed by atoms with Crippen LogP contribution in [0.5, 0.6) is 0 Å². The summed E-state index contributed by atoms with van der Waals surface area (Å²) in [6.07, 6.45) is 2.05. The molecule has 0 amide bonds. The lowest BCUT2D eigenvalue weighted by molar-refractivity contribution is 0.695. The van der Waals surface area contributed by atoms with Gasteiger partial charge in [0.15, 0.2) is 0 Å². The van der Waals surface area contributed by atoms with Gasteiger partial charge in [0.05, 0.1) is 11.8 Å². The van der Waals surface area contributed by atoms with Crippen LogP contribution in [0.25, 0.3) is 0 Å². The number of hydrogen-bond acceptors (Lipinski definition) is 3. The molecule has 72 valence electrons. The Morgan fingerprint density at radius 2 is 2.43 bits per heavy atom. The van der Waals surface area contributed by atoms with Crippen LogP contribution >= 0.6 is 11.8 Å². The van der Waals surface area contributed by atoms with E-state index in [2.05, 4.69) is 11.1 Å². The summed E-state index contributed by atoms with van der Waals surface area (Å²) in [6, 6.07) is 8.34. The molecule has 0 spiro atoms. The van der Waals surface area contributed by atoms with Gasteiger partial charge in [0.25, 0.3) is 0 Å². The van der Waals surface area contributed by atoms with Crippen molar-refractivity contribution < 1.29 is 0 Å². The maximum atomic E-state index is 9.25. The topological polar surface area (TPSA) is 36.7 Å². The highest BCUT2D eigenvalue weighted by atomic mass is 32.2. The van der Waals surface area contributed by atoms with Crippen molar-refractivity contribution >= 4 is 11.8 Å². The third kappa shape index (κ3) is 1.51. The lowest BCUT2D eigenvalue weighted by Crippen LogP contribution is -2.17. The fourth-order valence-corrected chi connectivity index (χ4v) is 3.01. The third-order valence-electron chi connectivity index (χ3n) is 2.50. The fourth-order valence-electron chi connectivity index (χ4n) is 1.76. The first-order valence-corrected chi connectivity index (χ1v) is 5.75. The number of aromatic nitrogens is 1. The molecule has 2 rings (SSSR count). The second kappa shape index (κ2) is 3.62.